The van der Waals surface area contributed by atoms with Crippen molar-refractivity contribution >= 4 is 31.9 Å². The molecule has 5 atom stereocenters. The number of H-pyrrole nitrogens is 1. The first kappa shape index (κ1) is 16.3. The average molecular weight is 392 g/mol. The summed E-state index contributed by atoms with van der Waals surface area (Å²) in [5.41, 5.74) is 4.81. The summed E-state index contributed by atoms with van der Waals surface area (Å²) in [5, 5.41) is 39.7. The number of hydrogen-bond acceptors (Lipinski definition) is 9. The summed E-state index contributed by atoms with van der Waals surface area (Å²) in [6.45, 7) is 0. The summed E-state index contributed by atoms with van der Waals surface area (Å²) in [6.07, 6.45) is -3.45. The number of nitrogens with two attached hydrogens (primary N) is 1. The van der Waals surface area contributed by atoms with E-state index in [0.717, 1.165) is 10.9 Å². The van der Waals surface area contributed by atoms with Crippen molar-refractivity contribution in [2.75, 3.05) is 5.73 Å². The van der Waals surface area contributed by atoms with Gasteiger partial charge in [0.2, 0.25) is 0 Å². The van der Waals surface area contributed by atoms with Crippen LogP contribution < -0.4 is 11.4 Å². The summed E-state index contributed by atoms with van der Waals surface area (Å²) < 4.78 is 6.21. The third-order valence-corrected chi connectivity index (χ3v) is 5.25. The Balaban J connectivity index is 2.12. The third-order valence-electron chi connectivity index (χ3n) is 3.67. The molecule has 11 nitrogen and oxygen atoms in total. The van der Waals surface area contributed by atoms with Gasteiger partial charge in [0.05, 0.1) is 0 Å². The SMILES string of the molecule is C[Se]C(O)[C@H]1O[C@@](O)(n2cnc3c(N)[nH]c(=O)nc32)[C@H](O)[C@@H]1O. The Morgan fingerprint density at radius 3 is 2.91 bits per heavy atom. The molecule has 0 aliphatic carbocycles. The van der Waals surface area contributed by atoms with Crippen LogP contribution in [0.25, 0.3) is 11.2 Å². The zero-order valence-corrected chi connectivity index (χ0v) is 13.5. The van der Waals surface area contributed by atoms with Crippen LogP contribution in [0.4, 0.5) is 5.82 Å². The van der Waals surface area contributed by atoms with Crippen LogP contribution in [0.1, 0.15) is 0 Å². The first-order chi connectivity index (χ1) is 10.8. The number of ether oxygens (including phenoxy) is 1. The number of aromatic amines is 1. The van der Waals surface area contributed by atoms with E-state index in [1.165, 1.54) is 0 Å². The Kier molecular flexibility index (Phi) is 3.92. The molecule has 0 bridgehead atoms. The summed E-state index contributed by atoms with van der Waals surface area (Å²) in [6, 6.07) is 0. The van der Waals surface area contributed by atoms with Gasteiger partial charge in [0.25, 0.3) is 0 Å². The number of rotatable bonds is 3. The van der Waals surface area contributed by atoms with E-state index in [1.807, 2.05) is 0 Å². The fourth-order valence-electron chi connectivity index (χ4n) is 2.47. The van der Waals surface area contributed by atoms with Gasteiger partial charge in [0.15, 0.2) is 0 Å². The first-order valence-electron chi connectivity index (χ1n) is 6.50. The molecule has 0 radical (unpaired) electrons. The molecule has 1 aliphatic rings. The number of aliphatic hydroxyl groups excluding tert-OH is 3. The van der Waals surface area contributed by atoms with E-state index in [2.05, 4.69) is 15.0 Å². The number of nitrogens with one attached hydrogen (secondary N) is 1. The Bertz CT molecular complexity index is 795. The molecule has 23 heavy (non-hydrogen) atoms. The Morgan fingerprint density at radius 1 is 1.57 bits per heavy atom. The van der Waals surface area contributed by atoms with Crippen molar-refractivity contribution in [2.45, 2.75) is 35.0 Å². The van der Waals surface area contributed by atoms with E-state index >= 15 is 0 Å². The van der Waals surface area contributed by atoms with Crippen LogP contribution in [0.3, 0.4) is 0 Å². The van der Waals surface area contributed by atoms with Crippen LogP contribution in [0.2, 0.25) is 5.82 Å². The van der Waals surface area contributed by atoms with E-state index in [1.54, 1.807) is 5.82 Å². The predicted molar refractivity (Wildman–Crippen MR) is 77.3 cm³/mol. The van der Waals surface area contributed by atoms with E-state index in [4.69, 9.17) is 10.5 Å². The molecule has 2 aromatic heterocycles. The van der Waals surface area contributed by atoms with Crippen LogP contribution in [-0.4, -0.2) is 78.2 Å². The average Bonchev–Trinajstić information content (AvgIpc) is 3.03. The van der Waals surface area contributed by atoms with Gasteiger partial charge in [-0.05, 0) is 0 Å². The summed E-state index contributed by atoms with van der Waals surface area (Å²) in [5.74, 6) is -0.798. The molecular weight excluding hydrogens is 377 g/mol. The number of nitrogens with zero attached hydrogens (tertiary/aromatic N) is 3. The van der Waals surface area contributed by atoms with Gasteiger partial charge in [-0.15, -0.1) is 0 Å². The van der Waals surface area contributed by atoms with E-state index < -0.39 is 34.9 Å². The van der Waals surface area contributed by atoms with Crippen LogP contribution in [0.15, 0.2) is 11.1 Å². The van der Waals surface area contributed by atoms with Crippen molar-refractivity contribution in [3.05, 3.63) is 16.8 Å². The Morgan fingerprint density at radius 2 is 2.26 bits per heavy atom. The van der Waals surface area contributed by atoms with Crippen molar-refractivity contribution in [3.63, 3.8) is 0 Å². The van der Waals surface area contributed by atoms with E-state index in [9.17, 15) is 25.2 Å². The standard InChI is InChI=1S/C11H15N5O6Se/c1-23-9(19)5-4(17)6(18)11(21,22-5)16-2-13-3-7(12)14-10(20)15-8(3)16/h2,4-6,9,17-19,21H,1H3,(H3,12,14,15,20)/t4-,5+,6-,9?,11-/m1/s1. The third kappa shape index (κ3) is 2.35. The van der Waals surface area contributed by atoms with Crippen LogP contribution in [0.5, 0.6) is 0 Å². The Labute approximate surface area is 134 Å². The van der Waals surface area contributed by atoms with Gasteiger partial charge in [-0.3, -0.25) is 0 Å². The normalized spacial score (nSPS) is 32.5. The van der Waals surface area contributed by atoms with Crippen molar-refractivity contribution in [3.8, 4) is 0 Å². The van der Waals surface area contributed by atoms with Crippen molar-refractivity contribution in [2.24, 2.45) is 0 Å². The van der Waals surface area contributed by atoms with E-state index in [-0.39, 0.29) is 31.9 Å². The molecule has 0 amide bonds. The van der Waals surface area contributed by atoms with E-state index in [0.29, 0.717) is 0 Å². The second-order valence-corrected chi connectivity index (χ2v) is 7.05. The van der Waals surface area contributed by atoms with Crippen molar-refractivity contribution in [1.82, 2.24) is 19.5 Å². The molecule has 2 aromatic rings. The molecule has 7 N–H and O–H groups in total. The monoisotopic (exact) mass is 393 g/mol. The van der Waals surface area contributed by atoms with Crippen LogP contribution in [-0.2, 0) is 10.6 Å². The quantitative estimate of drug-likeness (QED) is 0.289. The number of fused-ring (bicyclic) bond motifs is 1. The molecule has 3 heterocycles. The van der Waals surface area contributed by atoms with Crippen molar-refractivity contribution in [1.29, 1.82) is 0 Å². The van der Waals surface area contributed by atoms with Gasteiger partial charge in [-0.25, -0.2) is 0 Å². The fourth-order valence-corrected chi connectivity index (χ4v) is 3.49. The molecule has 12 heteroatoms. The van der Waals surface area contributed by atoms with Gasteiger partial charge in [-0.1, -0.05) is 0 Å². The zero-order valence-electron chi connectivity index (χ0n) is 11.8. The molecule has 1 fully saturated rings. The van der Waals surface area contributed by atoms with Gasteiger partial charge in [0.1, 0.15) is 0 Å². The molecule has 1 aliphatic heterocycles. The number of hydrogen-bond donors (Lipinski definition) is 6. The summed E-state index contributed by atoms with van der Waals surface area (Å²) >= 11 is -0.312. The molecule has 3 rings (SSSR count). The van der Waals surface area contributed by atoms with Crippen LogP contribution >= 0.6 is 0 Å². The van der Waals surface area contributed by atoms with Gasteiger partial charge in [-0.2, -0.15) is 0 Å². The van der Waals surface area contributed by atoms with Gasteiger partial charge >= 0.3 is 134 Å². The van der Waals surface area contributed by atoms with Gasteiger partial charge in [0, 0.05) is 0 Å². The minimum atomic E-state index is -2.45. The molecule has 126 valence electrons. The molecule has 1 unspecified atom stereocenters. The maximum atomic E-state index is 11.5. The summed E-state index contributed by atoms with van der Waals surface area (Å²) in [7, 11) is 0. The Hall–Kier alpha value is -1.53. The fraction of sp³-hybridized carbons (Fsp3) is 0.545. The maximum absolute atomic E-state index is 11.5. The summed E-state index contributed by atoms with van der Waals surface area (Å²) in [4.78, 5) is 21.3. The molecular formula is C11H15N5O6Se. The number of aliphatic hydroxyl groups is 4. The zero-order chi connectivity index (χ0) is 16.9. The molecule has 0 saturated carbocycles. The minimum absolute atomic E-state index is 0.0659. The number of anilines is 1. The number of imidazole rings is 1. The topological polar surface area (TPSA) is 180 Å². The second-order valence-electron chi connectivity index (χ2n) is 5.05. The number of nitrogen functional groups attached to an aromatic ring is 1. The second kappa shape index (κ2) is 5.53. The predicted octanol–water partition coefficient (Wildman–Crippen LogP) is -3.50. The van der Waals surface area contributed by atoms with Gasteiger partial charge < -0.3 is 0 Å². The molecule has 0 spiro atoms. The van der Waals surface area contributed by atoms with Crippen LogP contribution in [0, 0.1) is 0 Å². The molecule has 0 aromatic carbocycles. The van der Waals surface area contributed by atoms with Crippen molar-refractivity contribution < 1.29 is 25.2 Å². The number of aromatic nitrogens is 4. The molecule has 1 saturated heterocycles. The first-order valence-corrected chi connectivity index (χ1v) is 9.20.